The molecule has 1 unspecified atom stereocenters. The third-order valence-electron chi connectivity index (χ3n) is 5.04. The molecule has 1 fully saturated rings. The fraction of sp³-hybridized carbons (Fsp3) is 0.238. The predicted octanol–water partition coefficient (Wildman–Crippen LogP) is 3.07. The molecule has 3 aromatic rings. The molecular weight excluding hydrogens is 392 g/mol. The molecule has 1 aliphatic rings. The molecule has 2 N–H and O–H groups in total. The lowest BCUT2D eigenvalue weighted by Gasteiger charge is -2.31. The Bertz CT molecular complexity index is 1130. The second-order valence-corrected chi connectivity index (χ2v) is 7.48. The number of amides is 2. The Morgan fingerprint density at radius 2 is 2.03 bits per heavy atom. The molecule has 3 heterocycles. The van der Waals surface area contributed by atoms with E-state index in [1.54, 1.807) is 29.2 Å². The first-order valence-corrected chi connectivity index (χ1v) is 9.73. The van der Waals surface area contributed by atoms with Crippen molar-refractivity contribution in [3.63, 3.8) is 0 Å². The van der Waals surface area contributed by atoms with E-state index in [1.165, 1.54) is 6.20 Å². The number of likely N-dealkylation sites (tertiary alicyclic amines) is 1. The molecule has 29 heavy (non-hydrogen) atoms. The number of aromatic amines is 1. The Hall–Kier alpha value is -3.19. The Morgan fingerprint density at radius 3 is 2.83 bits per heavy atom. The Morgan fingerprint density at radius 1 is 1.21 bits per heavy atom. The minimum atomic E-state index is -0.425. The molecule has 1 saturated heterocycles. The summed E-state index contributed by atoms with van der Waals surface area (Å²) in [6.45, 7) is 0.762. The van der Waals surface area contributed by atoms with Gasteiger partial charge in [0.2, 0.25) is 5.91 Å². The van der Waals surface area contributed by atoms with Crippen LogP contribution in [-0.4, -0.2) is 39.8 Å². The number of anilines is 1. The molecule has 8 heteroatoms. The summed E-state index contributed by atoms with van der Waals surface area (Å²) in [7, 11) is 0. The van der Waals surface area contributed by atoms with Crippen molar-refractivity contribution in [3.05, 3.63) is 69.6 Å². The molecule has 2 amide bonds. The molecule has 0 spiro atoms. The minimum Gasteiger partial charge on any atom is -0.338 e. The maximum absolute atomic E-state index is 13.0. The topological polar surface area (TPSA) is 95.2 Å². The van der Waals surface area contributed by atoms with Crippen molar-refractivity contribution in [2.75, 3.05) is 18.4 Å². The van der Waals surface area contributed by atoms with E-state index in [0.717, 1.165) is 5.39 Å². The lowest BCUT2D eigenvalue weighted by atomic mass is 9.96. The minimum absolute atomic E-state index is 0.0872. The van der Waals surface area contributed by atoms with E-state index >= 15 is 0 Å². The van der Waals surface area contributed by atoms with Crippen molar-refractivity contribution in [1.29, 1.82) is 0 Å². The van der Waals surface area contributed by atoms with Crippen molar-refractivity contribution in [3.8, 4) is 0 Å². The molecule has 0 radical (unpaired) electrons. The molecule has 7 nitrogen and oxygen atoms in total. The lowest BCUT2D eigenvalue weighted by molar-refractivity contribution is -0.121. The quantitative estimate of drug-likeness (QED) is 0.693. The average Bonchev–Trinajstić information content (AvgIpc) is 2.74. The molecule has 0 saturated carbocycles. The summed E-state index contributed by atoms with van der Waals surface area (Å²) < 4.78 is 0. The van der Waals surface area contributed by atoms with Crippen molar-refractivity contribution >= 4 is 40.1 Å². The van der Waals surface area contributed by atoms with Gasteiger partial charge in [-0.2, -0.15) is 0 Å². The van der Waals surface area contributed by atoms with Gasteiger partial charge in [0, 0.05) is 24.8 Å². The number of pyridine rings is 2. The van der Waals surface area contributed by atoms with Gasteiger partial charge in [-0.15, -0.1) is 0 Å². The van der Waals surface area contributed by atoms with Crippen molar-refractivity contribution in [2.45, 2.75) is 12.8 Å². The maximum atomic E-state index is 13.0. The number of nitrogens with zero attached hydrogens (tertiary/aromatic N) is 2. The fourth-order valence-electron chi connectivity index (χ4n) is 3.53. The Kier molecular flexibility index (Phi) is 5.31. The van der Waals surface area contributed by atoms with Gasteiger partial charge in [0.15, 0.2) is 0 Å². The summed E-state index contributed by atoms with van der Waals surface area (Å²) >= 11 is 5.81. The van der Waals surface area contributed by atoms with Crippen LogP contribution in [0.15, 0.2) is 53.5 Å². The molecule has 2 aromatic heterocycles. The van der Waals surface area contributed by atoms with Gasteiger partial charge in [0.25, 0.3) is 11.5 Å². The van der Waals surface area contributed by atoms with Crippen LogP contribution in [0.25, 0.3) is 10.9 Å². The Labute approximate surface area is 171 Å². The number of halogens is 1. The van der Waals surface area contributed by atoms with Gasteiger partial charge < -0.3 is 15.2 Å². The van der Waals surface area contributed by atoms with Gasteiger partial charge in [-0.1, -0.05) is 29.8 Å². The smallest absolute Gasteiger partial charge is 0.261 e. The number of hydrogen-bond acceptors (Lipinski definition) is 4. The van der Waals surface area contributed by atoms with Crippen molar-refractivity contribution in [2.24, 2.45) is 5.92 Å². The van der Waals surface area contributed by atoms with Crippen molar-refractivity contribution < 1.29 is 9.59 Å². The highest BCUT2D eigenvalue weighted by atomic mass is 35.5. The summed E-state index contributed by atoms with van der Waals surface area (Å²) in [6, 6.07) is 12.2. The van der Waals surface area contributed by atoms with E-state index in [4.69, 9.17) is 11.6 Å². The maximum Gasteiger partial charge on any atom is 0.261 e. The normalized spacial score (nSPS) is 16.6. The molecular formula is C21H19ClN4O3. The first-order valence-electron chi connectivity index (χ1n) is 9.35. The summed E-state index contributed by atoms with van der Waals surface area (Å²) in [4.78, 5) is 46.4. The monoisotopic (exact) mass is 410 g/mol. The summed E-state index contributed by atoms with van der Waals surface area (Å²) in [6.07, 6.45) is 2.81. The largest absolute Gasteiger partial charge is 0.338 e. The van der Waals surface area contributed by atoms with Gasteiger partial charge in [-0.25, -0.2) is 4.98 Å². The lowest BCUT2D eigenvalue weighted by Crippen LogP contribution is -2.45. The van der Waals surface area contributed by atoms with Gasteiger partial charge in [0.1, 0.15) is 11.4 Å². The number of carbonyl (C=O) groups excluding carboxylic acids is 2. The number of benzene rings is 1. The number of para-hydroxylation sites is 1. The molecule has 4 rings (SSSR count). The van der Waals surface area contributed by atoms with Gasteiger partial charge in [-0.05, 0) is 42.5 Å². The molecule has 148 valence electrons. The summed E-state index contributed by atoms with van der Waals surface area (Å²) in [5, 5.41) is 4.03. The van der Waals surface area contributed by atoms with Gasteiger partial charge >= 0.3 is 0 Å². The highest BCUT2D eigenvalue weighted by Crippen LogP contribution is 2.21. The van der Waals surface area contributed by atoms with Gasteiger partial charge in [-0.3, -0.25) is 14.4 Å². The zero-order valence-corrected chi connectivity index (χ0v) is 16.3. The Balaban J connectivity index is 1.50. The van der Waals surface area contributed by atoms with Crippen LogP contribution in [0.2, 0.25) is 5.02 Å². The van der Waals surface area contributed by atoms with E-state index in [1.807, 2.05) is 18.2 Å². The first-order chi connectivity index (χ1) is 14.0. The number of hydrogen-bond donors (Lipinski definition) is 2. The predicted molar refractivity (Wildman–Crippen MR) is 111 cm³/mol. The highest BCUT2D eigenvalue weighted by Gasteiger charge is 2.30. The third kappa shape index (κ3) is 4.14. The fourth-order valence-corrected chi connectivity index (χ4v) is 3.64. The molecule has 0 bridgehead atoms. The number of carbonyl (C=O) groups is 2. The van der Waals surface area contributed by atoms with E-state index in [-0.39, 0.29) is 29.8 Å². The van der Waals surface area contributed by atoms with Gasteiger partial charge in [0.05, 0.1) is 10.9 Å². The van der Waals surface area contributed by atoms with Crippen LogP contribution in [0.4, 0.5) is 5.82 Å². The zero-order valence-electron chi connectivity index (χ0n) is 15.5. The summed E-state index contributed by atoms with van der Waals surface area (Å²) in [5.41, 5.74) is 0.343. The molecule has 1 atom stereocenters. The van der Waals surface area contributed by atoms with Crippen molar-refractivity contribution in [1.82, 2.24) is 14.9 Å². The van der Waals surface area contributed by atoms with E-state index in [0.29, 0.717) is 35.7 Å². The zero-order chi connectivity index (χ0) is 20.4. The number of piperidine rings is 1. The molecule has 1 aromatic carbocycles. The second-order valence-electron chi connectivity index (χ2n) is 7.04. The van der Waals surface area contributed by atoms with Crippen LogP contribution >= 0.6 is 11.6 Å². The number of aromatic nitrogens is 2. The van der Waals surface area contributed by atoms with E-state index < -0.39 is 5.56 Å². The third-order valence-corrected chi connectivity index (χ3v) is 5.27. The van der Waals surface area contributed by atoms with Crippen LogP contribution < -0.4 is 10.9 Å². The number of H-pyrrole nitrogens is 1. The second kappa shape index (κ2) is 8.05. The SMILES string of the molecule is O=C(Nc1ccc(Cl)cn1)C1CCCN(C(=O)c2cc3ccccc3[nH]c2=O)C1. The summed E-state index contributed by atoms with van der Waals surface area (Å²) in [5.74, 6) is -0.526. The number of fused-ring (bicyclic) bond motifs is 1. The van der Waals surface area contributed by atoms with Crippen LogP contribution in [0, 0.1) is 5.92 Å². The van der Waals surface area contributed by atoms with Crippen LogP contribution in [-0.2, 0) is 4.79 Å². The molecule has 1 aliphatic heterocycles. The van der Waals surface area contributed by atoms with Crippen LogP contribution in [0.5, 0.6) is 0 Å². The highest BCUT2D eigenvalue weighted by molar-refractivity contribution is 6.30. The standard InChI is InChI=1S/C21H19ClN4O3/c22-15-7-8-18(23-11-15)25-19(27)14-5-3-9-26(12-14)21(29)16-10-13-4-1-2-6-17(13)24-20(16)28/h1-2,4,6-8,10-11,14H,3,5,9,12H2,(H,24,28)(H,23,25,27). The van der Waals surface area contributed by atoms with Crippen LogP contribution in [0.1, 0.15) is 23.2 Å². The first kappa shape index (κ1) is 19.1. The average molecular weight is 411 g/mol. The van der Waals surface area contributed by atoms with E-state index in [9.17, 15) is 14.4 Å². The van der Waals surface area contributed by atoms with E-state index in [2.05, 4.69) is 15.3 Å². The number of nitrogens with one attached hydrogen (secondary N) is 2. The molecule has 0 aliphatic carbocycles. The number of rotatable bonds is 3. The van der Waals surface area contributed by atoms with Crippen LogP contribution in [0.3, 0.4) is 0 Å².